The fourth-order valence-corrected chi connectivity index (χ4v) is 2.89. The average molecular weight is 254 g/mol. The van der Waals surface area contributed by atoms with Crippen molar-refractivity contribution in [3.63, 3.8) is 0 Å². The van der Waals surface area contributed by atoms with Crippen LogP contribution in [-0.2, 0) is 11.2 Å². The molecule has 1 aliphatic carbocycles. The molecule has 5 heteroatoms. The lowest BCUT2D eigenvalue weighted by Gasteiger charge is -2.26. The molecule has 17 heavy (non-hydrogen) atoms. The second-order valence-corrected chi connectivity index (χ2v) is 5.58. The maximum atomic E-state index is 11.8. The first-order valence-corrected chi connectivity index (χ1v) is 6.90. The predicted molar refractivity (Wildman–Crippen MR) is 67.0 cm³/mol. The van der Waals surface area contributed by atoms with Crippen LogP contribution in [-0.4, -0.2) is 28.1 Å². The molecule has 0 bridgehead atoms. The van der Waals surface area contributed by atoms with E-state index < -0.39 is 0 Å². The number of hydrogen-bond donors (Lipinski definition) is 2. The smallest absolute Gasteiger partial charge is 0.227 e. The van der Waals surface area contributed by atoms with E-state index in [1.54, 1.807) is 0 Å². The molecule has 94 valence electrons. The standard InChI is InChI=1S/C12H18N2O2S/c1-8-7-17-12(13-8)6-11(16)14-9-2-4-10(15)5-3-9/h7,9-10,15H,2-6H2,1H3,(H,14,16). The summed E-state index contributed by atoms with van der Waals surface area (Å²) in [5.74, 6) is 0.0424. The number of aliphatic hydroxyl groups is 1. The Balaban J connectivity index is 1.77. The highest BCUT2D eigenvalue weighted by atomic mass is 32.1. The third-order valence-electron chi connectivity index (χ3n) is 3.04. The molecule has 2 N–H and O–H groups in total. The molecule has 0 spiro atoms. The Morgan fingerprint density at radius 1 is 1.53 bits per heavy atom. The lowest BCUT2D eigenvalue weighted by molar-refractivity contribution is -0.121. The molecule has 0 unspecified atom stereocenters. The number of aryl methyl sites for hydroxylation is 1. The van der Waals surface area contributed by atoms with E-state index in [1.807, 2.05) is 12.3 Å². The van der Waals surface area contributed by atoms with Gasteiger partial charge in [-0.1, -0.05) is 0 Å². The number of carbonyl (C=O) groups excluding carboxylic acids is 1. The van der Waals surface area contributed by atoms with Gasteiger partial charge in [-0.25, -0.2) is 4.98 Å². The number of carbonyl (C=O) groups is 1. The van der Waals surface area contributed by atoms with E-state index in [-0.39, 0.29) is 18.1 Å². The van der Waals surface area contributed by atoms with E-state index in [2.05, 4.69) is 10.3 Å². The largest absolute Gasteiger partial charge is 0.393 e. The van der Waals surface area contributed by atoms with Crippen LogP contribution in [0.25, 0.3) is 0 Å². The van der Waals surface area contributed by atoms with Crippen molar-refractivity contribution < 1.29 is 9.90 Å². The zero-order valence-corrected chi connectivity index (χ0v) is 10.8. The molecule has 1 fully saturated rings. The van der Waals surface area contributed by atoms with E-state index in [1.165, 1.54) is 11.3 Å². The quantitative estimate of drug-likeness (QED) is 0.857. The van der Waals surface area contributed by atoms with Gasteiger partial charge in [-0.15, -0.1) is 11.3 Å². The molecule has 1 amide bonds. The number of nitrogens with one attached hydrogen (secondary N) is 1. The molecule has 0 aromatic carbocycles. The molecular weight excluding hydrogens is 236 g/mol. The predicted octanol–water partition coefficient (Wildman–Crippen LogP) is 1.41. The van der Waals surface area contributed by atoms with Crippen LogP contribution in [0, 0.1) is 6.92 Å². The summed E-state index contributed by atoms with van der Waals surface area (Å²) in [6.45, 7) is 1.93. The summed E-state index contributed by atoms with van der Waals surface area (Å²) in [6.07, 6.45) is 3.54. The summed E-state index contributed by atoms with van der Waals surface area (Å²) in [6, 6.07) is 0.229. The van der Waals surface area contributed by atoms with Gasteiger partial charge in [0.2, 0.25) is 5.91 Å². The van der Waals surface area contributed by atoms with Crippen molar-refractivity contribution in [2.45, 2.75) is 51.2 Å². The van der Waals surface area contributed by atoms with Gasteiger partial charge in [0.25, 0.3) is 0 Å². The Morgan fingerprint density at radius 3 is 2.82 bits per heavy atom. The highest BCUT2D eigenvalue weighted by Gasteiger charge is 2.20. The second kappa shape index (κ2) is 5.60. The fraction of sp³-hybridized carbons (Fsp3) is 0.667. The van der Waals surface area contributed by atoms with Crippen molar-refractivity contribution in [2.75, 3.05) is 0 Å². The van der Waals surface area contributed by atoms with Gasteiger partial charge in [0.15, 0.2) is 0 Å². The minimum atomic E-state index is -0.176. The van der Waals surface area contributed by atoms with E-state index in [0.29, 0.717) is 6.42 Å². The molecule has 0 aliphatic heterocycles. The molecule has 0 radical (unpaired) electrons. The van der Waals surface area contributed by atoms with Crippen molar-refractivity contribution in [1.29, 1.82) is 0 Å². The fourth-order valence-electron chi connectivity index (χ4n) is 2.12. The molecule has 4 nitrogen and oxygen atoms in total. The summed E-state index contributed by atoms with van der Waals surface area (Å²) < 4.78 is 0. The van der Waals surface area contributed by atoms with Crippen LogP contribution in [0.4, 0.5) is 0 Å². The molecule has 1 aliphatic rings. The number of nitrogens with zero attached hydrogens (tertiary/aromatic N) is 1. The minimum absolute atomic E-state index is 0.0424. The third kappa shape index (κ3) is 3.78. The van der Waals surface area contributed by atoms with Gasteiger partial charge in [0.05, 0.1) is 12.5 Å². The molecule has 1 saturated carbocycles. The first kappa shape index (κ1) is 12.5. The normalized spacial score (nSPS) is 24.6. The van der Waals surface area contributed by atoms with Crippen LogP contribution in [0.2, 0.25) is 0 Å². The van der Waals surface area contributed by atoms with Crippen LogP contribution in [0.3, 0.4) is 0 Å². The first-order valence-electron chi connectivity index (χ1n) is 6.02. The Kier molecular flexibility index (Phi) is 4.12. The monoisotopic (exact) mass is 254 g/mol. The summed E-state index contributed by atoms with van der Waals surface area (Å²) >= 11 is 1.53. The second-order valence-electron chi connectivity index (χ2n) is 4.63. The van der Waals surface area contributed by atoms with Gasteiger partial charge in [-0.2, -0.15) is 0 Å². The maximum absolute atomic E-state index is 11.8. The Bertz CT molecular complexity index is 384. The van der Waals surface area contributed by atoms with Crippen molar-refractivity contribution in [3.8, 4) is 0 Å². The van der Waals surface area contributed by atoms with E-state index >= 15 is 0 Å². The molecular formula is C12H18N2O2S. The van der Waals surface area contributed by atoms with Gasteiger partial charge in [-0.05, 0) is 32.6 Å². The van der Waals surface area contributed by atoms with Crippen molar-refractivity contribution >= 4 is 17.2 Å². The highest BCUT2D eigenvalue weighted by Crippen LogP contribution is 2.18. The first-order chi connectivity index (χ1) is 8.13. The summed E-state index contributed by atoms with van der Waals surface area (Å²) in [5.41, 5.74) is 0.971. The summed E-state index contributed by atoms with van der Waals surface area (Å²) in [4.78, 5) is 16.0. The van der Waals surface area contributed by atoms with Crippen molar-refractivity contribution in [2.24, 2.45) is 0 Å². The van der Waals surface area contributed by atoms with Gasteiger partial charge < -0.3 is 10.4 Å². The van der Waals surface area contributed by atoms with Gasteiger partial charge in [0.1, 0.15) is 5.01 Å². The Labute approximate surface area is 105 Å². The zero-order chi connectivity index (χ0) is 12.3. The number of aromatic nitrogens is 1. The van der Waals surface area contributed by atoms with Crippen LogP contribution < -0.4 is 5.32 Å². The molecule has 1 heterocycles. The van der Waals surface area contributed by atoms with Gasteiger partial charge in [0, 0.05) is 17.1 Å². The molecule has 1 aromatic rings. The SMILES string of the molecule is Cc1csc(CC(=O)NC2CCC(O)CC2)n1. The van der Waals surface area contributed by atoms with E-state index in [4.69, 9.17) is 0 Å². The number of aliphatic hydroxyl groups excluding tert-OH is 1. The minimum Gasteiger partial charge on any atom is -0.393 e. The number of hydrogen-bond acceptors (Lipinski definition) is 4. The Hall–Kier alpha value is -0.940. The zero-order valence-electron chi connectivity index (χ0n) is 9.98. The lowest BCUT2D eigenvalue weighted by atomic mass is 9.93. The maximum Gasteiger partial charge on any atom is 0.227 e. The summed E-state index contributed by atoms with van der Waals surface area (Å²) in [5, 5.41) is 15.2. The number of thiazole rings is 1. The number of rotatable bonds is 3. The van der Waals surface area contributed by atoms with Crippen molar-refractivity contribution in [1.82, 2.24) is 10.3 Å². The van der Waals surface area contributed by atoms with Gasteiger partial charge in [-0.3, -0.25) is 4.79 Å². The molecule has 1 aromatic heterocycles. The molecule has 0 atom stereocenters. The Morgan fingerprint density at radius 2 is 2.24 bits per heavy atom. The topological polar surface area (TPSA) is 62.2 Å². The van der Waals surface area contributed by atoms with Crippen LogP contribution in [0.5, 0.6) is 0 Å². The third-order valence-corrected chi connectivity index (χ3v) is 4.01. The van der Waals surface area contributed by atoms with Crippen LogP contribution in [0.15, 0.2) is 5.38 Å². The van der Waals surface area contributed by atoms with Crippen LogP contribution >= 0.6 is 11.3 Å². The average Bonchev–Trinajstić information content (AvgIpc) is 2.67. The molecule has 2 rings (SSSR count). The summed E-state index contributed by atoms with van der Waals surface area (Å²) in [7, 11) is 0. The van der Waals surface area contributed by atoms with Crippen LogP contribution in [0.1, 0.15) is 36.4 Å². The lowest BCUT2D eigenvalue weighted by Crippen LogP contribution is -2.39. The van der Waals surface area contributed by atoms with E-state index in [0.717, 1.165) is 36.4 Å². The number of amides is 1. The molecule has 0 saturated heterocycles. The van der Waals surface area contributed by atoms with Gasteiger partial charge >= 0.3 is 0 Å². The highest BCUT2D eigenvalue weighted by molar-refractivity contribution is 7.09. The van der Waals surface area contributed by atoms with Crippen molar-refractivity contribution in [3.05, 3.63) is 16.1 Å². The van der Waals surface area contributed by atoms with E-state index in [9.17, 15) is 9.90 Å².